The van der Waals surface area contributed by atoms with E-state index in [1.807, 2.05) is 30.9 Å². The minimum absolute atomic E-state index is 0.243. The second-order valence-electron chi connectivity index (χ2n) is 5.04. The minimum atomic E-state index is 0.243. The highest BCUT2D eigenvalue weighted by Crippen LogP contribution is 2.19. The van der Waals surface area contributed by atoms with Crippen LogP contribution in [-0.2, 0) is 6.54 Å². The number of imidazole rings is 1. The van der Waals surface area contributed by atoms with Gasteiger partial charge in [0.25, 0.3) is 0 Å². The van der Waals surface area contributed by atoms with Gasteiger partial charge in [-0.2, -0.15) is 4.98 Å². The molecule has 114 valence electrons. The lowest BCUT2D eigenvalue weighted by molar-refractivity contribution is 0.365. The molecule has 3 heterocycles. The molecule has 0 aliphatic carbocycles. The van der Waals surface area contributed by atoms with Gasteiger partial charge in [-0.1, -0.05) is 30.8 Å². The number of aromatic nitrogens is 6. The summed E-state index contributed by atoms with van der Waals surface area (Å²) in [7, 11) is 0. The number of rotatable bonds is 5. The molecular formula is C14H16N6OS. The molecule has 0 atom stereocenters. The average molecular weight is 316 g/mol. The van der Waals surface area contributed by atoms with Gasteiger partial charge in [-0.25, -0.2) is 15.0 Å². The molecule has 0 aliphatic rings. The van der Waals surface area contributed by atoms with Crippen LogP contribution in [0.25, 0.3) is 11.4 Å². The Morgan fingerprint density at radius 3 is 2.64 bits per heavy atom. The first-order chi connectivity index (χ1) is 10.7. The highest BCUT2D eigenvalue weighted by molar-refractivity contribution is 7.98. The van der Waals surface area contributed by atoms with E-state index in [9.17, 15) is 0 Å². The first kappa shape index (κ1) is 14.7. The Labute approximate surface area is 132 Å². The molecule has 0 N–H and O–H groups in total. The molecule has 0 unspecified atom stereocenters. The molecule has 0 amide bonds. The molecule has 0 bridgehead atoms. The van der Waals surface area contributed by atoms with Gasteiger partial charge in [-0.3, -0.25) is 0 Å². The molecule has 3 rings (SSSR count). The molecule has 0 saturated carbocycles. The molecule has 0 saturated heterocycles. The summed E-state index contributed by atoms with van der Waals surface area (Å²) in [4.78, 5) is 17.3. The van der Waals surface area contributed by atoms with Crippen molar-refractivity contribution in [3.8, 4) is 11.4 Å². The third kappa shape index (κ3) is 3.01. The van der Waals surface area contributed by atoms with E-state index in [1.165, 1.54) is 11.8 Å². The summed E-state index contributed by atoms with van der Waals surface area (Å²) in [5.74, 6) is 2.29. The van der Waals surface area contributed by atoms with Crippen LogP contribution in [0.4, 0.5) is 0 Å². The first-order valence-electron chi connectivity index (χ1n) is 6.87. The van der Waals surface area contributed by atoms with Gasteiger partial charge in [0.15, 0.2) is 11.0 Å². The molecule has 0 aliphatic heterocycles. The van der Waals surface area contributed by atoms with E-state index in [0.29, 0.717) is 18.3 Å². The fourth-order valence-electron chi connectivity index (χ4n) is 1.95. The van der Waals surface area contributed by atoms with Gasteiger partial charge in [0.2, 0.25) is 5.89 Å². The van der Waals surface area contributed by atoms with E-state index >= 15 is 0 Å². The molecule has 0 spiro atoms. The molecule has 22 heavy (non-hydrogen) atoms. The maximum atomic E-state index is 5.28. The molecule has 3 aromatic rings. The Morgan fingerprint density at radius 1 is 1.23 bits per heavy atom. The van der Waals surface area contributed by atoms with Gasteiger partial charge < -0.3 is 9.09 Å². The van der Waals surface area contributed by atoms with Crippen LogP contribution in [0.1, 0.15) is 31.5 Å². The van der Waals surface area contributed by atoms with Gasteiger partial charge in [-0.05, 0) is 6.26 Å². The summed E-state index contributed by atoms with van der Waals surface area (Å²) in [5, 5.41) is 4.71. The average Bonchev–Trinajstić information content (AvgIpc) is 3.17. The van der Waals surface area contributed by atoms with Crippen LogP contribution < -0.4 is 0 Å². The van der Waals surface area contributed by atoms with Crippen molar-refractivity contribution in [3.63, 3.8) is 0 Å². The summed E-state index contributed by atoms with van der Waals surface area (Å²) >= 11 is 1.50. The number of hydrogen-bond donors (Lipinski definition) is 0. The van der Waals surface area contributed by atoms with Gasteiger partial charge >= 0.3 is 0 Å². The standard InChI is InChI=1S/C14H16N6OS/c1-9(2)12-18-11(21-19-12)8-20-5-4-15-13(20)10-6-16-14(22-3)17-7-10/h4-7,9H,8H2,1-3H3. The van der Waals surface area contributed by atoms with Crippen LogP contribution in [-0.4, -0.2) is 35.9 Å². The van der Waals surface area contributed by atoms with Crippen molar-refractivity contribution >= 4 is 11.8 Å². The van der Waals surface area contributed by atoms with Crippen molar-refractivity contribution in [2.24, 2.45) is 0 Å². The summed E-state index contributed by atoms with van der Waals surface area (Å²) in [6, 6.07) is 0. The second-order valence-corrected chi connectivity index (χ2v) is 5.81. The Balaban J connectivity index is 1.84. The van der Waals surface area contributed by atoms with Crippen molar-refractivity contribution in [2.75, 3.05) is 6.26 Å². The van der Waals surface area contributed by atoms with Gasteiger partial charge in [0.1, 0.15) is 12.4 Å². The fourth-order valence-corrected chi connectivity index (χ4v) is 2.26. The predicted molar refractivity (Wildman–Crippen MR) is 82.5 cm³/mol. The molecule has 7 nitrogen and oxygen atoms in total. The topological polar surface area (TPSA) is 82.5 Å². The summed E-state index contributed by atoms with van der Waals surface area (Å²) in [6.45, 7) is 4.53. The normalized spacial score (nSPS) is 11.3. The quantitative estimate of drug-likeness (QED) is 0.528. The number of hydrogen-bond acceptors (Lipinski definition) is 7. The van der Waals surface area contributed by atoms with Gasteiger partial charge in [0, 0.05) is 30.7 Å². The number of nitrogens with zero attached hydrogens (tertiary/aromatic N) is 6. The molecule has 3 aromatic heterocycles. The second kappa shape index (κ2) is 6.27. The molecule has 0 fully saturated rings. The zero-order valence-electron chi connectivity index (χ0n) is 12.6. The van der Waals surface area contributed by atoms with E-state index in [-0.39, 0.29) is 5.92 Å². The van der Waals surface area contributed by atoms with Crippen LogP contribution in [0.3, 0.4) is 0 Å². The summed E-state index contributed by atoms with van der Waals surface area (Å²) in [5.41, 5.74) is 0.853. The zero-order valence-corrected chi connectivity index (χ0v) is 13.4. The lowest BCUT2D eigenvalue weighted by atomic mass is 10.2. The van der Waals surface area contributed by atoms with Crippen molar-refractivity contribution in [1.29, 1.82) is 0 Å². The molecule has 0 aromatic carbocycles. The Morgan fingerprint density at radius 2 is 2.00 bits per heavy atom. The minimum Gasteiger partial charge on any atom is -0.337 e. The lowest BCUT2D eigenvalue weighted by Crippen LogP contribution is -2.02. The van der Waals surface area contributed by atoms with Crippen LogP contribution in [0.2, 0.25) is 0 Å². The molecular weight excluding hydrogens is 300 g/mol. The van der Waals surface area contributed by atoms with Crippen molar-refractivity contribution < 1.29 is 4.52 Å². The third-order valence-corrected chi connectivity index (χ3v) is 3.67. The van der Waals surface area contributed by atoms with Crippen molar-refractivity contribution in [3.05, 3.63) is 36.5 Å². The van der Waals surface area contributed by atoms with Crippen molar-refractivity contribution in [2.45, 2.75) is 31.5 Å². The van der Waals surface area contributed by atoms with E-state index in [2.05, 4.69) is 25.1 Å². The Kier molecular flexibility index (Phi) is 4.19. The lowest BCUT2D eigenvalue weighted by Gasteiger charge is -2.05. The van der Waals surface area contributed by atoms with E-state index in [0.717, 1.165) is 16.5 Å². The highest BCUT2D eigenvalue weighted by atomic mass is 32.2. The summed E-state index contributed by atoms with van der Waals surface area (Å²) in [6.07, 6.45) is 9.09. The summed E-state index contributed by atoms with van der Waals surface area (Å²) < 4.78 is 7.22. The van der Waals surface area contributed by atoms with E-state index in [4.69, 9.17) is 4.52 Å². The monoisotopic (exact) mass is 316 g/mol. The van der Waals surface area contributed by atoms with E-state index < -0.39 is 0 Å². The zero-order chi connectivity index (χ0) is 15.5. The smallest absolute Gasteiger partial charge is 0.246 e. The Hall–Kier alpha value is -2.22. The van der Waals surface area contributed by atoms with Gasteiger partial charge in [-0.15, -0.1) is 0 Å². The van der Waals surface area contributed by atoms with Crippen LogP contribution >= 0.6 is 11.8 Å². The highest BCUT2D eigenvalue weighted by Gasteiger charge is 2.13. The van der Waals surface area contributed by atoms with Crippen molar-refractivity contribution in [1.82, 2.24) is 29.7 Å². The largest absolute Gasteiger partial charge is 0.337 e. The van der Waals surface area contributed by atoms with E-state index in [1.54, 1.807) is 18.6 Å². The fraction of sp³-hybridized carbons (Fsp3) is 0.357. The molecule has 8 heteroatoms. The first-order valence-corrected chi connectivity index (χ1v) is 8.10. The predicted octanol–water partition coefficient (Wildman–Crippen LogP) is 2.62. The maximum Gasteiger partial charge on any atom is 0.246 e. The maximum absolute atomic E-state index is 5.28. The SMILES string of the molecule is CSc1ncc(-c2nccn2Cc2nc(C(C)C)no2)cn1. The third-order valence-electron chi connectivity index (χ3n) is 3.09. The van der Waals surface area contributed by atoms with Gasteiger partial charge in [0.05, 0.1) is 5.56 Å². The Bertz CT molecular complexity index is 749. The van der Waals surface area contributed by atoms with Crippen LogP contribution in [0.15, 0.2) is 34.5 Å². The number of thioether (sulfide) groups is 1. The molecule has 0 radical (unpaired) electrons. The van der Waals surface area contributed by atoms with Crippen LogP contribution in [0.5, 0.6) is 0 Å². The van der Waals surface area contributed by atoms with Crippen LogP contribution in [0, 0.1) is 0 Å².